The fourth-order valence-corrected chi connectivity index (χ4v) is 4.45. The minimum absolute atomic E-state index is 0.201. The van der Waals surface area contributed by atoms with E-state index in [4.69, 9.17) is 9.47 Å². The van der Waals surface area contributed by atoms with Gasteiger partial charge in [-0.1, -0.05) is 19.1 Å². The Balaban J connectivity index is 1.45. The second-order valence-corrected chi connectivity index (χ2v) is 8.30. The van der Waals surface area contributed by atoms with Crippen LogP contribution < -0.4 is 4.74 Å². The summed E-state index contributed by atoms with van der Waals surface area (Å²) in [5.41, 5.74) is 1.35. The summed E-state index contributed by atoms with van der Waals surface area (Å²) >= 11 is 0. The number of hydrogen-bond donors (Lipinski definition) is 0. The van der Waals surface area contributed by atoms with Gasteiger partial charge in [0.2, 0.25) is 0 Å². The van der Waals surface area contributed by atoms with Crippen molar-refractivity contribution in [2.24, 2.45) is 5.92 Å². The molecule has 1 unspecified atom stereocenters. The van der Waals surface area contributed by atoms with Crippen LogP contribution in [0.2, 0.25) is 0 Å². The van der Waals surface area contributed by atoms with Crippen molar-refractivity contribution in [1.29, 1.82) is 0 Å². The van der Waals surface area contributed by atoms with Gasteiger partial charge >= 0.3 is 6.03 Å². The average molecular weight is 404 g/mol. The summed E-state index contributed by atoms with van der Waals surface area (Å²) in [7, 11) is 1.70. The average Bonchev–Trinajstić information content (AvgIpc) is 2.78. The number of likely N-dealkylation sites (N-methyl/N-ethyl adjacent to an activating group) is 1. The molecule has 2 heterocycles. The van der Waals surface area contributed by atoms with Crippen LogP contribution in [-0.2, 0) is 11.2 Å². The zero-order valence-electron chi connectivity index (χ0n) is 18.3. The van der Waals surface area contributed by atoms with Gasteiger partial charge in [-0.3, -0.25) is 0 Å². The minimum atomic E-state index is 0.201. The van der Waals surface area contributed by atoms with Gasteiger partial charge in [0, 0.05) is 38.8 Å². The Hall–Kier alpha value is -1.79. The molecular formula is C23H37N3O3. The van der Waals surface area contributed by atoms with Crippen LogP contribution in [0.4, 0.5) is 4.79 Å². The number of carbonyl (C=O) groups is 1. The number of likely N-dealkylation sites (tertiary alicyclic amines) is 1. The molecule has 3 rings (SSSR count). The number of morpholine rings is 1. The molecule has 0 saturated carbocycles. The third kappa shape index (κ3) is 6.09. The number of benzene rings is 1. The van der Waals surface area contributed by atoms with E-state index in [1.165, 1.54) is 5.56 Å². The van der Waals surface area contributed by atoms with Crippen molar-refractivity contribution in [1.82, 2.24) is 14.7 Å². The van der Waals surface area contributed by atoms with Crippen LogP contribution in [0.15, 0.2) is 24.3 Å². The first-order chi connectivity index (χ1) is 14.1. The summed E-state index contributed by atoms with van der Waals surface area (Å²) in [5, 5.41) is 0. The van der Waals surface area contributed by atoms with E-state index in [1.54, 1.807) is 7.11 Å². The Kier molecular flexibility index (Phi) is 8.19. The number of carbonyl (C=O) groups excluding carboxylic acids is 1. The third-order valence-electron chi connectivity index (χ3n) is 6.38. The number of amides is 2. The molecule has 29 heavy (non-hydrogen) atoms. The molecule has 0 aliphatic carbocycles. The lowest BCUT2D eigenvalue weighted by Gasteiger charge is -2.39. The Morgan fingerprint density at radius 1 is 1.14 bits per heavy atom. The summed E-state index contributed by atoms with van der Waals surface area (Å²) in [6.07, 6.45) is 3.25. The molecule has 0 aromatic heterocycles. The lowest BCUT2D eigenvalue weighted by atomic mass is 9.95. The van der Waals surface area contributed by atoms with Crippen molar-refractivity contribution in [2.45, 2.75) is 39.2 Å². The van der Waals surface area contributed by atoms with Gasteiger partial charge in [0.05, 0.1) is 20.3 Å². The van der Waals surface area contributed by atoms with Crippen LogP contribution in [0.1, 0.15) is 32.3 Å². The second kappa shape index (κ2) is 10.8. The highest BCUT2D eigenvalue weighted by Crippen LogP contribution is 2.22. The Bertz CT molecular complexity index is 623. The van der Waals surface area contributed by atoms with Gasteiger partial charge in [-0.25, -0.2) is 4.79 Å². The first-order valence-electron chi connectivity index (χ1n) is 11.1. The van der Waals surface area contributed by atoms with Crippen molar-refractivity contribution in [3.8, 4) is 5.75 Å². The summed E-state index contributed by atoms with van der Waals surface area (Å²) in [5.74, 6) is 1.58. The first-order valence-corrected chi connectivity index (χ1v) is 11.1. The quantitative estimate of drug-likeness (QED) is 0.702. The van der Waals surface area contributed by atoms with E-state index >= 15 is 0 Å². The van der Waals surface area contributed by atoms with E-state index in [-0.39, 0.29) is 6.03 Å². The molecule has 0 N–H and O–H groups in total. The third-order valence-corrected chi connectivity index (χ3v) is 6.38. The van der Waals surface area contributed by atoms with Crippen LogP contribution in [0.25, 0.3) is 0 Å². The maximum absolute atomic E-state index is 12.7. The van der Waals surface area contributed by atoms with Gasteiger partial charge in [-0.05, 0) is 56.3 Å². The van der Waals surface area contributed by atoms with E-state index < -0.39 is 0 Å². The highest BCUT2D eigenvalue weighted by molar-refractivity contribution is 5.74. The maximum Gasteiger partial charge on any atom is 0.320 e. The smallest absolute Gasteiger partial charge is 0.320 e. The van der Waals surface area contributed by atoms with Gasteiger partial charge in [0.15, 0.2) is 0 Å². The van der Waals surface area contributed by atoms with Crippen molar-refractivity contribution < 1.29 is 14.3 Å². The van der Waals surface area contributed by atoms with Crippen LogP contribution in [0.3, 0.4) is 0 Å². The molecular weight excluding hydrogens is 366 g/mol. The molecule has 1 aromatic carbocycles. The Morgan fingerprint density at radius 2 is 1.76 bits per heavy atom. The number of rotatable bonds is 7. The van der Waals surface area contributed by atoms with Gasteiger partial charge in [0.1, 0.15) is 5.75 Å². The molecule has 0 spiro atoms. The van der Waals surface area contributed by atoms with Gasteiger partial charge in [-0.15, -0.1) is 0 Å². The van der Waals surface area contributed by atoms with Crippen LogP contribution in [0.5, 0.6) is 5.75 Å². The minimum Gasteiger partial charge on any atom is -0.497 e. The SMILES string of the molecule is CCN(CC1CCN(C(=O)N2CCOCC2)CC1)C(C)Cc1ccc(OC)cc1. The zero-order chi connectivity index (χ0) is 20.6. The molecule has 2 fully saturated rings. The van der Waals surface area contributed by atoms with Crippen molar-refractivity contribution in [2.75, 3.05) is 59.6 Å². The lowest BCUT2D eigenvalue weighted by Crippen LogP contribution is -2.51. The van der Waals surface area contributed by atoms with Crippen molar-refractivity contribution >= 4 is 6.03 Å². The van der Waals surface area contributed by atoms with Crippen LogP contribution in [0, 0.1) is 5.92 Å². The Labute approximate surface area is 175 Å². The summed E-state index contributed by atoms with van der Waals surface area (Å²) in [6, 6.07) is 9.12. The second-order valence-electron chi connectivity index (χ2n) is 8.30. The normalized spacial score (nSPS) is 19.4. The van der Waals surface area contributed by atoms with E-state index in [0.29, 0.717) is 25.2 Å². The largest absolute Gasteiger partial charge is 0.497 e. The number of ether oxygens (including phenoxy) is 2. The fourth-order valence-electron chi connectivity index (χ4n) is 4.45. The molecule has 2 aliphatic rings. The van der Waals surface area contributed by atoms with Crippen LogP contribution in [-0.4, -0.2) is 86.4 Å². The topological polar surface area (TPSA) is 45.2 Å². The summed E-state index contributed by atoms with van der Waals surface area (Å²) in [4.78, 5) is 19.2. The molecule has 2 amide bonds. The molecule has 2 aliphatic heterocycles. The fraction of sp³-hybridized carbons (Fsp3) is 0.696. The lowest BCUT2D eigenvalue weighted by molar-refractivity contribution is 0.0387. The van der Waals surface area contributed by atoms with Gasteiger partial charge < -0.3 is 24.2 Å². The predicted molar refractivity (Wildman–Crippen MR) is 115 cm³/mol. The van der Waals surface area contributed by atoms with Gasteiger partial charge in [-0.2, -0.15) is 0 Å². The molecule has 6 nitrogen and oxygen atoms in total. The standard InChI is InChI=1S/C23H37N3O3/c1-4-24(19(2)17-20-5-7-22(28-3)8-6-20)18-21-9-11-25(12-10-21)23(27)26-13-15-29-16-14-26/h5-8,19,21H,4,9-18H2,1-3H3. The zero-order valence-corrected chi connectivity index (χ0v) is 18.3. The van der Waals surface area contributed by atoms with E-state index in [2.05, 4.69) is 30.9 Å². The van der Waals surface area contributed by atoms with Gasteiger partial charge in [0.25, 0.3) is 0 Å². The number of piperidine rings is 1. The maximum atomic E-state index is 12.7. The summed E-state index contributed by atoms with van der Waals surface area (Å²) < 4.78 is 10.6. The Morgan fingerprint density at radius 3 is 2.34 bits per heavy atom. The number of hydrogen-bond acceptors (Lipinski definition) is 4. The van der Waals surface area contributed by atoms with E-state index in [1.807, 2.05) is 21.9 Å². The highest BCUT2D eigenvalue weighted by atomic mass is 16.5. The molecule has 162 valence electrons. The molecule has 6 heteroatoms. The van der Waals surface area contributed by atoms with Crippen LogP contribution >= 0.6 is 0 Å². The van der Waals surface area contributed by atoms with E-state index in [9.17, 15) is 4.79 Å². The van der Waals surface area contributed by atoms with Crippen molar-refractivity contribution in [3.63, 3.8) is 0 Å². The van der Waals surface area contributed by atoms with Crippen molar-refractivity contribution in [3.05, 3.63) is 29.8 Å². The summed E-state index contributed by atoms with van der Waals surface area (Å²) in [6.45, 7) is 11.3. The highest BCUT2D eigenvalue weighted by Gasteiger charge is 2.28. The molecule has 1 aromatic rings. The first kappa shape index (κ1) is 21.9. The molecule has 0 bridgehead atoms. The molecule has 2 saturated heterocycles. The van der Waals surface area contributed by atoms with E-state index in [0.717, 1.165) is 64.3 Å². The number of nitrogens with zero attached hydrogens (tertiary/aromatic N) is 3. The molecule has 0 radical (unpaired) electrons. The molecule has 1 atom stereocenters. The number of urea groups is 1. The number of methoxy groups -OCH3 is 1. The predicted octanol–water partition coefficient (Wildman–Crippen LogP) is 3.11. The monoisotopic (exact) mass is 403 g/mol.